The van der Waals surface area contributed by atoms with Crippen LogP contribution in [-0.2, 0) is 0 Å². The van der Waals surface area contributed by atoms with Gasteiger partial charge in [-0.25, -0.2) is 14.8 Å². The number of aromatic carboxylic acids is 1. The summed E-state index contributed by atoms with van der Waals surface area (Å²) in [5, 5.41) is 8.86. The lowest BCUT2D eigenvalue weighted by Crippen LogP contribution is -1.94. The minimum atomic E-state index is -1.06. The van der Waals surface area contributed by atoms with Crippen molar-refractivity contribution in [3.63, 3.8) is 0 Å². The van der Waals surface area contributed by atoms with E-state index < -0.39 is 5.97 Å². The van der Waals surface area contributed by atoms with Gasteiger partial charge in [0.2, 0.25) is 0 Å². The predicted molar refractivity (Wildman–Crippen MR) is 63.2 cm³/mol. The second kappa shape index (κ2) is 3.92. The molecule has 0 radical (unpaired) electrons. The Morgan fingerprint density at radius 1 is 1.22 bits per heavy atom. The number of hydrogen-bond donors (Lipinski definition) is 1. The molecule has 3 heterocycles. The van der Waals surface area contributed by atoms with Gasteiger partial charge in [-0.05, 0) is 12.1 Å². The molecule has 0 spiro atoms. The van der Waals surface area contributed by atoms with Gasteiger partial charge in [-0.15, -0.1) is 0 Å². The van der Waals surface area contributed by atoms with Crippen molar-refractivity contribution in [1.82, 2.24) is 19.4 Å². The van der Waals surface area contributed by atoms with Crippen molar-refractivity contribution >= 4 is 11.6 Å². The largest absolute Gasteiger partial charge is 0.476 e. The monoisotopic (exact) mass is 240 g/mol. The van der Waals surface area contributed by atoms with Crippen LogP contribution in [0.5, 0.6) is 0 Å². The van der Waals surface area contributed by atoms with Crippen LogP contribution in [0.1, 0.15) is 10.5 Å². The maximum Gasteiger partial charge on any atom is 0.356 e. The molecule has 18 heavy (non-hydrogen) atoms. The summed E-state index contributed by atoms with van der Waals surface area (Å²) in [6, 6.07) is 7.22. The van der Waals surface area contributed by atoms with Crippen LogP contribution < -0.4 is 0 Å². The number of hydrogen-bond acceptors (Lipinski definition) is 4. The minimum Gasteiger partial charge on any atom is -0.476 e. The van der Waals surface area contributed by atoms with Gasteiger partial charge < -0.3 is 5.11 Å². The lowest BCUT2D eigenvalue weighted by molar-refractivity contribution is 0.0691. The lowest BCUT2D eigenvalue weighted by Gasteiger charge is -1.99. The smallest absolute Gasteiger partial charge is 0.356 e. The Bertz CT molecular complexity index is 721. The Labute approximate surface area is 102 Å². The van der Waals surface area contributed by atoms with Crippen LogP contribution in [0, 0.1) is 0 Å². The number of carbonyl (C=O) groups is 1. The summed E-state index contributed by atoms with van der Waals surface area (Å²) >= 11 is 0. The van der Waals surface area contributed by atoms with Gasteiger partial charge >= 0.3 is 5.97 Å². The Balaban J connectivity index is 2.14. The summed E-state index contributed by atoms with van der Waals surface area (Å²) in [6.07, 6.45) is 4.63. The standard InChI is InChI=1S/C12H8N4O2/c17-12(18)10-6-16-7-14-9(5-11(16)15-10)8-3-1-2-4-13-8/h1-7H,(H,17,18). The summed E-state index contributed by atoms with van der Waals surface area (Å²) in [7, 11) is 0. The van der Waals surface area contributed by atoms with E-state index in [1.165, 1.54) is 12.5 Å². The van der Waals surface area contributed by atoms with E-state index in [1.54, 1.807) is 16.7 Å². The van der Waals surface area contributed by atoms with E-state index in [0.717, 1.165) is 5.69 Å². The van der Waals surface area contributed by atoms with Gasteiger partial charge in [0.1, 0.15) is 12.0 Å². The zero-order valence-corrected chi connectivity index (χ0v) is 9.19. The van der Waals surface area contributed by atoms with Gasteiger partial charge in [0.25, 0.3) is 0 Å². The summed E-state index contributed by atoms with van der Waals surface area (Å²) in [5.74, 6) is -1.06. The molecule has 6 nitrogen and oxygen atoms in total. The zero-order chi connectivity index (χ0) is 12.5. The molecule has 0 aliphatic carbocycles. The Kier molecular flexibility index (Phi) is 2.26. The number of nitrogens with zero attached hydrogens (tertiary/aromatic N) is 4. The fraction of sp³-hybridized carbons (Fsp3) is 0. The van der Waals surface area contributed by atoms with Crippen LogP contribution in [0.15, 0.2) is 43.0 Å². The van der Waals surface area contributed by atoms with E-state index in [0.29, 0.717) is 11.3 Å². The molecular weight excluding hydrogens is 232 g/mol. The molecule has 0 aliphatic heterocycles. The van der Waals surface area contributed by atoms with Crippen LogP contribution in [0.2, 0.25) is 0 Å². The van der Waals surface area contributed by atoms with E-state index >= 15 is 0 Å². The minimum absolute atomic E-state index is 0.00466. The van der Waals surface area contributed by atoms with Crippen molar-refractivity contribution in [2.45, 2.75) is 0 Å². The molecule has 3 aromatic rings. The molecule has 0 aliphatic rings. The third kappa shape index (κ3) is 1.69. The van der Waals surface area contributed by atoms with Gasteiger partial charge in [-0.2, -0.15) is 0 Å². The SMILES string of the molecule is O=C(O)c1cn2cnc(-c3ccccn3)cc2n1. The number of carboxylic acid groups (broad SMARTS) is 1. The number of imidazole rings is 1. The fourth-order valence-corrected chi connectivity index (χ4v) is 1.65. The molecule has 0 fully saturated rings. The van der Waals surface area contributed by atoms with Gasteiger partial charge in [-0.1, -0.05) is 6.07 Å². The summed E-state index contributed by atoms with van der Waals surface area (Å²) < 4.78 is 1.57. The average molecular weight is 240 g/mol. The van der Waals surface area contributed by atoms with Crippen molar-refractivity contribution in [1.29, 1.82) is 0 Å². The first-order valence-corrected chi connectivity index (χ1v) is 5.23. The molecule has 3 aromatic heterocycles. The van der Waals surface area contributed by atoms with Gasteiger partial charge in [0.15, 0.2) is 5.69 Å². The van der Waals surface area contributed by atoms with Crippen molar-refractivity contribution in [2.75, 3.05) is 0 Å². The highest BCUT2D eigenvalue weighted by molar-refractivity contribution is 5.86. The molecule has 3 rings (SSSR count). The van der Waals surface area contributed by atoms with E-state index in [1.807, 2.05) is 18.2 Å². The molecule has 0 aromatic carbocycles. The van der Waals surface area contributed by atoms with Crippen LogP contribution >= 0.6 is 0 Å². The summed E-state index contributed by atoms with van der Waals surface area (Å²) in [4.78, 5) is 23.2. The van der Waals surface area contributed by atoms with Gasteiger partial charge in [-0.3, -0.25) is 9.38 Å². The number of carboxylic acids is 1. The maximum atomic E-state index is 10.8. The van der Waals surface area contributed by atoms with Gasteiger partial charge in [0, 0.05) is 18.5 Å². The molecule has 88 valence electrons. The molecule has 0 saturated carbocycles. The summed E-state index contributed by atoms with van der Waals surface area (Å²) in [5.41, 5.74) is 1.91. The van der Waals surface area contributed by atoms with Crippen molar-refractivity contribution in [2.24, 2.45) is 0 Å². The highest BCUT2D eigenvalue weighted by atomic mass is 16.4. The predicted octanol–water partition coefficient (Wildman–Crippen LogP) is 1.49. The Morgan fingerprint density at radius 3 is 2.83 bits per heavy atom. The van der Waals surface area contributed by atoms with E-state index in [2.05, 4.69) is 15.0 Å². The second-order valence-electron chi connectivity index (χ2n) is 3.69. The maximum absolute atomic E-state index is 10.8. The van der Waals surface area contributed by atoms with E-state index in [4.69, 9.17) is 5.11 Å². The van der Waals surface area contributed by atoms with Crippen LogP contribution in [0.25, 0.3) is 17.0 Å². The second-order valence-corrected chi connectivity index (χ2v) is 3.69. The highest BCUT2D eigenvalue weighted by Crippen LogP contribution is 2.15. The van der Waals surface area contributed by atoms with Crippen LogP contribution in [0.3, 0.4) is 0 Å². The quantitative estimate of drug-likeness (QED) is 0.734. The third-order valence-electron chi connectivity index (χ3n) is 2.49. The summed E-state index contributed by atoms with van der Waals surface area (Å²) in [6.45, 7) is 0. The normalized spacial score (nSPS) is 10.7. The zero-order valence-electron chi connectivity index (χ0n) is 9.19. The first-order chi connectivity index (χ1) is 8.74. The molecule has 0 bridgehead atoms. The molecule has 0 saturated heterocycles. The third-order valence-corrected chi connectivity index (χ3v) is 2.49. The number of pyridine rings is 1. The molecule has 1 N–H and O–H groups in total. The number of aromatic nitrogens is 4. The van der Waals surface area contributed by atoms with Crippen LogP contribution in [-0.4, -0.2) is 30.4 Å². The molecule has 0 unspecified atom stereocenters. The molecule has 0 amide bonds. The molecular formula is C12H8N4O2. The number of rotatable bonds is 2. The lowest BCUT2D eigenvalue weighted by atomic mass is 10.2. The first kappa shape index (κ1) is 10.4. The average Bonchev–Trinajstić information content (AvgIpc) is 2.82. The first-order valence-electron chi connectivity index (χ1n) is 5.23. The van der Waals surface area contributed by atoms with Crippen molar-refractivity contribution < 1.29 is 9.90 Å². The van der Waals surface area contributed by atoms with Crippen molar-refractivity contribution in [3.8, 4) is 11.4 Å². The number of fused-ring (bicyclic) bond motifs is 1. The topological polar surface area (TPSA) is 80.4 Å². The van der Waals surface area contributed by atoms with E-state index in [9.17, 15) is 4.79 Å². The van der Waals surface area contributed by atoms with Crippen LogP contribution in [0.4, 0.5) is 0 Å². The van der Waals surface area contributed by atoms with Gasteiger partial charge in [0.05, 0.1) is 11.4 Å². The van der Waals surface area contributed by atoms with E-state index in [-0.39, 0.29) is 5.69 Å². The molecule has 6 heteroatoms. The molecule has 0 atom stereocenters. The fourth-order valence-electron chi connectivity index (χ4n) is 1.65. The Hall–Kier alpha value is -2.76. The van der Waals surface area contributed by atoms with Crippen molar-refractivity contribution in [3.05, 3.63) is 48.7 Å². The highest BCUT2D eigenvalue weighted by Gasteiger charge is 2.10. The Morgan fingerprint density at radius 2 is 2.11 bits per heavy atom.